The third-order valence-electron chi connectivity index (χ3n) is 7.13. The SMILES string of the molecule is CN1CCN(c2ccc(Nc3ncc4cnn(-c5cccc(C6(S(C)(=O)=O)CC6)n5)c4n3)cc2)CC1. The van der Waals surface area contributed by atoms with Crippen LogP contribution in [0, 0.1) is 0 Å². The summed E-state index contributed by atoms with van der Waals surface area (Å²) >= 11 is 0. The molecule has 10 nitrogen and oxygen atoms in total. The van der Waals surface area contributed by atoms with Crippen molar-refractivity contribution in [2.45, 2.75) is 17.6 Å². The maximum atomic E-state index is 12.4. The number of fused-ring (bicyclic) bond motifs is 1. The van der Waals surface area contributed by atoms with Gasteiger partial charge in [-0.15, -0.1) is 0 Å². The third-order valence-corrected chi connectivity index (χ3v) is 9.17. The lowest BCUT2D eigenvalue weighted by atomic mass is 10.2. The minimum Gasteiger partial charge on any atom is -0.369 e. The van der Waals surface area contributed by atoms with Crippen LogP contribution in [0.3, 0.4) is 0 Å². The molecule has 4 heterocycles. The van der Waals surface area contributed by atoms with E-state index >= 15 is 0 Å². The number of aromatic nitrogens is 5. The summed E-state index contributed by atoms with van der Waals surface area (Å²) in [6.07, 6.45) is 5.86. The van der Waals surface area contributed by atoms with Gasteiger partial charge in [0.1, 0.15) is 4.75 Å². The number of nitrogens with one attached hydrogen (secondary N) is 1. The Morgan fingerprint density at radius 3 is 2.39 bits per heavy atom. The van der Waals surface area contributed by atoms with Crippen molar-refractivity contribution in [2.75, 3.05) is 49.7 Å². The van der Waals surface area contributed by atoms with Crippen LogP contribution in [0.4, 0.5) is 17.3 Å². The maximum absolute atomic E-state index is 12.4. The number of benzene rings is 1. The number of likely N-dealkylation sites (N-methyl/N-ethyl adjacent to an activating group) is 1. The second kappa shape index (κ2) is 8.52. The van der Waals surface area contributed by atoms with E-state index in [0.717, 1.165) is 37.3 Å². The van der Waals surface area contributed by atoms with E-state index in [4.69, 9.17) is 0 Å². The highest BCUT2D eigenvalue weighted by Gasteiger charge is 2.54. The molecular formula is C25H28N8O2S. The molecular weight excluding hydrogens is 476 g/mol. The molecule has 1 saturated carbocycles. The van der Waals surface area contributed by atoms with Gasteiger partial charge in [-0.3, -0.25) is 0 Å². The quantitative estimate of drug-likeness (QED) is 0.424. The molecule has 3 aromatic heterocycles. The Balaban J connectivity index is 1.26. The van der Waals surface area contributed by atoms with E-state index in [1.165, 1.54) is 11.9 Å². The molecule has 0 radical (unpaired) electrons. The molecule has 0 unspecified atom stereocenters. The van der Waals surface area contributed by atoms with E-state index in [1.54, 1.807) is 29.2 Å². The molecule has 0 spiro atoms. The topological polar surface area (TPSA) is 109 Å². The summed E-state index contributed by atoms with van der Waals surface area (Å²) in [6, 6.07) is 13.7. The van der Waals surface area contributed by atoms with E-state index in [2.05, 4.69) is 54.3 Å². The summed E-state index contributed by atoms with van der Waals surface area (Å²) < 4.78 is 25.5. The number of hydrogen-bond donors (Lipinski definition) is 1. The Morgan fingerprint density at radius 1 is 0.944 bits per heavy atom. The summed E-state index contributed by atoms with van der Waals surface area (Å²) in [5.41, 5.74) is 3.24. The smallest absolute Gasteiger partial charge is 0.229 e. The normalized spacial score (nSPS) is 17.9. The van der Waals surface area contributed by atoms with E-state index in [-0.39, 0.29) is 0 Å². The second-order valence-corrected chi connectivity index (χ2v) is 12.0. The summed E-state index contributed by atoms with van der Waals surface area (Å²) in [7, 11) is -1.11. The van der Waals surface area contributed by atoms with Gasteiger partial charge in [-0.1, -0.05) is 6.07 Å². The van der Waals surface area contributed by atoms with Gasteiger partial charge in [0.15, 0.2) is 21.3 Å². The highest BCUT2D eigenvalue weighted by atomic mass is 32.2. The van der Waals surface area contributed by atoms with Gasteiger partial charge in [-0.2, -0.15) is 14.8 Å². The summed E-state index contributed by atoms with van der Waals surface area (Å²) in [4.78, 5) is 18.5. The fourth-order valence-electron chi connectivity index (χ4n) is 4.72. The molecule has 0 bridgehead atoms. The van der Waals surface area contributed by atoms with Gasteiger partial charge >= 0.3 is 0 Å². The Labute approximate surface area is 209 Å². The molecule has 2 fully saturated rings. The molecule has 1 aliphatic heterocycles. The van der Waals surface area contributed by atoms with Gasteiger partial charge in [0.2, 0.25) is 5.95 Å². The number of rotatable bonds is 6. The minimum absolute atomic E-state index is 0.447. The van der Waals surface area contributed by atoms with Crippen molar-refractivity contribution in [1.82, 2.24) is 29.6 Å². The highest BCUT2D eigenvalue weighted by Crippen LogP contribution is 2.51. The molecule has 36 heavy (non-hydrogen) atoms. The molecule has 4 aromatic rings. The first-order valence-electron chi connectivity index (χ1n) is 12.0. The van der Waals surface area contributed by atoms with Gasteiger partial charge in [-0.25, -0.2) is 18.4 Å². The summed E-state index contributed by atoms with van der Waals surface area (Å²) in [6.45, 7) is 4.17. The number of anilines is 3. The molecule has 1 aromatic carbocycles. The third kappa shape index (κ3) is 4.07. The first-order chi connectivity index (χ1) is 17.3. The van der Waals surface area contributed by atoms with Crippen LogP contribution in [0.15, 0.2) is 54.9 Å². The zero-order chi connectivity index (χ0) is 24.9. The second-order valence-electron chi connectivity index (χ2n) is 9.64. The average molecular weight is 505 g/mol. The molecule has 0 amide bonds. The number of sulfone groups is 1. The van der Waals surface area contributed by atoms with E-state index in [0.29, 0.717) is 35.9 Å². The molecule has 1 aliphatic carbocycles. The highest BCUT2D eigenvalue weighted by molar-refractivity contribution is 7.91. The Hall–Kier alpha value is -3.57. The van der Waals surface area contributed by atoms with Crippen molar-refractivity contribution in [3.8, 4) is 5.82 Å². The number of nitrogens with zero attached hydrogens (tertiary/aromatic N) is 7. The average Bonchev–Trinajstić information content (AvgIpc) is 3.60. The number of piperazine rings is 1. The Bertz CT molecular complexity index is 1520. The summed E-state index contributed by atoms with van der Waals surface area (Å²) in [5.74, 6) is 0.973. The van der Waals surface area contributed by atoms with Crippen LogP contribution in [0.2, 0.25) is 0 Å². The lowest BCUT2D eigenvalue weighted by Gasteiger charge is -2.34. The predicted molar refractivity (Wildman–Crippen MR) is 140 cm³/mol. The van der Waals surface area contributed by atoms with Crippen LogP contribution < -0.4 is 10.2 Å². The Kier molecular flexibility index (Phi) is 5.41. The maximum Gasteiger partial charge on any atom is 0.229 e. The molecule has 1 saturated heterocycles. The van der Waals surface area contributed by atoms with Gasteiger partial charge < -0.3 is 15.1 Å². The minimum atomic E-state index is -3.26. The first-order valence-corrected chi connectivity index (χ1v) is 13.9. The Morgan fingerprint density at radius 2 is 1.69 bits per heavy atom. The molecule has 6 rings (SSSR count). The summed E-state index contributed by atoms with van der Waals surface area (Å²) in [5, 5.41) is 8.50. The monoisotopic (exact) mass is 504 g/mol. The lowest BCUT2D eigenvalue weighted by Crippen LogP contribution is -2.44. The molecule has 1 N–H and O–H groups in total. The van der Waals surface area contributed by atoms with Gasteiger partial charge in [-0.05, 0) is 56.3 Å². The number of pyridine rings is 1. The van der Waals surface area contributed by atoms with Crippen molar-refractivity contribution in [1.29, 1.82) is 0 Å². The van der Waals surface area contributed by atoms with E-state index in [9.17, 15) is 8.42 Å². The zero-order valence-electron chi connectivity index (χ0n) is 20.3. The van der Waals surface area contributed by atoms with Crippen molar-refractivity contribution in [3.63, 3.8) is 0 Å². The van der Waals surface area contributed by atoms with E-state index < -0.39 is 14.6 Å². The van der Waals surface area contributed by atoms with Crippen LogP contribution >= 0.6 is 0 Å². The fourth-order valence-corrected chi connectivity index (χ4v) is 6.06. The predicted octanol–water partition coefficient (Wildman–Crippen LogP) is 2.74. The van der Waals surface area contributed by atoms with Crippen LogP contribution in [-0.4, -0.2) is 77.5 Å². The van der Waals surface area contributed by atoms with Crippen LogP contribution in [0.25, 0.3) is 16.9 Å². The first kappa shape index (κ1) is 22.9. The molecule has 186 valence electrons. The van der Waals surface area contributed by atoms with Crippen molar-refractivity contribution in [3.05, 3.63) is 60.6 Å². The van der Waals surface area contributed by atoms with Gasteiger partial charge in [0.05, 0.1) is 17.3 Å². The van der Waals surface area contributed by atoms with Crippen molar-refractivity contribution in [2.24, 2.45) is 0 Å². The van der Waals surface area contributed by atoms with Crippen molar-refractivity contribution >= 4 is 38.2 Å². The van der Waals surface area contributed by atoms with Gasteiger partial charge in [0, 0.05) is 50.0 Å². The largest absolute Gasteiger partial charge is 0.369 e. The van der Waals surface area contributed by atoms with Crippen LogP contribution in [0.5, 0.6) is 0 Å². The number of hydrogen-bond acceptors (Lipinski definition) is 9. The molecule has 2 aliphatic rings. The fraction of sp³-hybridized carbons (Fsp3) is 0.360. The molecule has 0 atom stereocenters. The van der Waals surface area contributed by atoms with Crippen LogP contribution in [0.1, 0.15) is 18.5 Å². The standard InChI is InChI=1S/C25H28N8O2S/c1-31-12-14-32(15-13-31)20-8-6-19(7-9-20)28-24-26-16-18-17-27-33(23(18)30-24)22-5-3-4-21(29-22)25(10-11-25)36(2,34)35/h3-9,16-17H,10-15H2,1-2H3,(H,26,28,30). The zero-order valence-corrected chi connectivity index (χ0v) is 21.1. The molecule has 11 heteroatoms. The van der Waals surface area contributed by atoms with Crippen LogP contribution in [-0.2, 0) is 14.6 Å². The van der Waals surface area contributed by atoms with E-state index in [1.807, 2.05) is 18.2 Å². The lowest BCUT2D eigenvalue weighted by molar-refractivity contribution is 0.313. The van der Waals surface area contributed by atoms with Gasteiger partial charge in [0.25, 0.3) is 0 Å². The van der Waals surface area contributed by atoms with Crippen molar-refractivity contribution < 1.29 is 8.42 Å².